The van der Waals surface area contributed by atoms with E-state index in [1.807, 2.05) is 13.8 Å². The van der Waals surface area contributed by atoms with Crippen LogP contribution in [0.15, 0.2) is 29.1 Å². The Morgan fingerprint density at radius 3 is 2.67 bits per heavy atom. The van der Waals surface area contributed by atoms with Gasteiger partial charge in [0.1, 0.15) is 11.6 Å². The van der Waals surface area contributed by atoms with Crippen molar-refractivity contribution in [2.45, 2.75) is 69.9 Å². The molecule has 1 fully saturated rings. The maximum Gasteiger partial charge on any atom is 0.296 e. The number of fused-ring (bicyclic) bond motifs is 2. The van der Waals surface area contributed by atoms with Crippen LogP contribution < -0.4 is 5.56 Å². The van der Waals surface area contributed by atoms with Crippen LogP contribution in [-0.4, -0.2) is 33.2 Å². The van der Waals surface area contributed by atoms with E-state index in [0.717, 1.165) is 24.8 Å². The van der Waals surface area contributed by atoms with Crippen LogP contribution >= 0.6 is 0 Å². The van der Waals surface area contributed by atoms with E-state index < -0.39 is 22.5 Å². The number of halogens is 1. The molecule has 0 saturated carbocycles. The predicted octanol–water partition coefficient (Wildman–Crippen LogP) is 3.70. The van der Waals surface area contributed by atoms with Gasteiger partial charge in [-0.3, -0.25) is 14.2 Å². The van der Waals surface area contributed by atoms with Crippen LogP contribution in [0.2, 0.25) is 0 Å². The minimum absolute atomic E-state index is 0.0740. The van der Waals surface area contributed by atoms with E-state index in [1.54, 1.807) is 16.7 Å². The van der Waals surface area contributed by atoms with Gasteiger partial charge in [0.2, 0.25) is 5.75 Å². The van der Waals surface area contributed by atoms with Crippen LogP contribution in [0.25, 0.3) is 0 Å². The standard InChI is InChI=1S/C23H27FN2O4/c1-3-16-18-11-12-23(4-2,13-30-18)22-25-19(20(28)21(29)26(16)22)17(27)10-7-14-5-8-15(24)9-6-14/h5-6,8-9,16,18,28H,3-4,7,10-13H2,1-2H3. The highest BCUT2D eigenvalue weighted by molar-refractivity contribution is 5.96. The van der Waals surface area contributed by atoms with Crippen molar-refractivity contribution in [1.29, 1.82) is 0 Å². The summed E-state index contributed by atoms with van der Waals surface area (Å²) in [7, 11) is 0. The molecule has 2 bridgehead atoms. The van der Waals surface area contributed by atoms with Gasteiger partial charge in [-0.25, -0.2) is 9.37 Å². The number of ether oxygens (including phenoxy) is 1. The number of carbonyl (C=O) groups is 1. The van der Waals surface area contributed by atoms with Crippen LogP contribution in [0.1, 0.15) is 73.9 Å². The van der Waals surface area contributed by atoms with Crippen LogP contribution in [0.5, 0.6) is 5.75 Å². The van der Waals surface area contributed by atoms with E-state index in [9.17, 15) is 19.1 Å². The van der Waals surface area contributed by atoms with Gasteiger partial charge in [0.05, 0.1) is 24.2 Å². The molecular weight excluding hydrogens is 387 g/mol. The van der Waals surface area contributed by atoms with Crippen molar-refractivity contribution < 1.29 is 19.0 Å². The van der Waals surface area contributed by atoms with Crippen LogP contribution in [0.3, 0.4) is 0 Å². The molecule has 0 amide bonds. The molecule has 0 radical (unpaired) electrons. The first-order valence-corrected chi connectivity index (χ1v) is 10.7. The number of hydrogen-bond donors (Lipinski definition) is 1. The Morgan fingerprint density at radius 1 is 1.33 bits per heavy atom. The van der Waals surface area contributed by atoms with E-state index in [0.29, 0.717) is 25.3 Å². The number of Topliss-reactive ketones (excluding diaryl/α,β-unsaturated/α-hetero) is 1. The van der Waals surface area contributed by atoms with Crippen molar-refractivity contribution in [3.05, 3.63) is 57.5 Å². The Morgan fingerprint density at radius 2 is 2.07 bits per heavy atom. The van der Waals surface area contributed by atoms with Gasteiger partial charge in [-0.15, -0.1) is 0 Å². The molecule has 7 heteroatoms. The van der Waals surface area contributed by atoms with Crippen LogP contribution in [0.4, 0.5) is 4.39 Å². The molecule has 2 aromatic rings. The van der Waals surface area contributed by atoms with Gasteiger partial charge in [-0.05, 0) is 49.8 Å². The minimum Gasteiger partial charge on any atom is -0.501 e. The third-order valence-electron chi connectivity index (χ3n) is 6.72. The molecular formula is C23H27FN2O4. The van der Waals surface area contributed by atoms with E-state index in [1.165, 1.54) is 12.1 Å². The Hall–Kier alpha value is -2.54. The number of aromatic hydroxyl groups is 1. The number of benzene rings is 1. The number of rotatable bonds is 6. The smallest absolute Gasteiger partial charge is 0.296 e. The highest BCUT2D eigenvalue weighted by atomic mass is 19.1. The normalized spacial score (nSPS) is 25.0. The minimum atomic E-state index is -0.589. The zero-order valence-corrected chi connectivity index (χ0v) is 17.4. The van der Waals surface area contributed by atoms with Gasteiger partial charge in [0.25, 0.3) is 5.56 Å². The molecule has 1 aromatic carbocycles. The lowest BCUT2D eigenvalue weighted by molar-refractivity contribution is -0.0416. The second-order valence-electron chi connectivity index (χ2n) is 8.36. The van der Waals surface area contributed by atoms with Crippen LogP contribution in [-0.2, 0) is 16.6 Å². The largest absolute Gasteiger partial charge is 0.501 e. The van der Waals surface area contributed by atoms with Gasteiger partial charge in [0.15, 0.2) is 11.5 Å². The summed E-state index contributed by atoms with van der Waals surface area (Å²) < 4.78 is 20.8. The summed E-state index contributed by atoms with van der Waals surface area (Å²) >= 11 is 0. The lowest BCUT2D eigenvalue weighted by Crippen LogP contribution is -2.39. The first kappa shape index (κ1) is 20.7. The number of ketones is 1. The predicted molar refractivity (Wildman–Crippen MR) is 109 cm³/mol. The van der Waals surface area contributed by atoms with Gasteiger partial charge >= 0.3 is 0 Å². The average molecular weight is 414 g/mol. The topological polar surface area (TPSA) is 81.4 Å². The molecule has 0 aliphatic carbocycles. The van der Waals surface area contributed by atoms with E-state index >= 15 is 0 Å². The van der Waals surface area contributed by atoms with Crippen LogP contribution in [0, 0.1) is 5.82 Å². The summed E-state index contributed by atoms with van der Waals surface area (Å²) in [6.07, 6.45) is 3.43. The lowest BCUT2D eigenvalue weighted by atomic mass is 9.78. The maximum absolute atomic E-state index is 13.2. The highest BCUT2D eigenvalue weighted by Gasteiger charge is 2.47. The van der Waals surface area contributed by atoms with Crippen molar-refractivity contribution in [1.82, 2.24) is 9.55 Å². The molecule has 160 valence electrons. The molecule has 5 rings (SSSR count). The summed E-state index contributed by atoms with van der Waals surface area (Å²) in [6.45, 7) is 4.49. The summed E-state index contributed by atoms with van der Waals surface area (Å²) in [5.41, 5.74) is -0.355. The van der Waals surface area contributed by atoms with Gasteiger partial charge < -0.3 is 9.84 Å². The molecule has 1 saturated heterocycles. The quantitative estimate of drug-likeness (QED) is 0.729. The Kier molecular flexibility index (Phi) is 5.49. The second-order valence-corrected chi connectivity index (χ2v) is 8.36. The summed E-state index contributed by atoms with van der Waals surface area (Å²) in [4.78, 5) is 30.7. The molecule has 1 aromatic heterocycles. The van der Waals surface area contributed by atoms with Gasteiger partial charge in [0, 0.05) is 6.42 Å². The third-order valence-corrected chi connectivity index (χ3v) is 6.72. The van der Waals surface area contributed by atoms with Crippen molar-refractivity contribution in [3.63, 3.8) is 0 Å². The Labute approximate surface area is 174 Å². The zero-order chi connectivity index (χ0) is 21.5. The highest BCUT2D eigenvalue weighted by Crippen LogP contribution is 2.44. The first-order valence-electron chi connectivity index (χ1n) is 10.7. The van der Waals surface area contributed by atoms with Crippen molar-refractivity contribution in [3.8, 4) is 5.75 Å². The molecule has 3 aliphatic rings. The number of hydrogen-bond acceptors (Lipinski definition) is 5. The number of aryl methyl sites for hydroxylation is 1. The molecule has 3 atom stereocenters. The summed E-state index contributed by atoms with van der Waals surface area (Å²) in [5.74, 6) is -0.759. The van der Waals surface area contributed by atoms with Gasteiger partial charge in [-0.1, -0.05) is 26.0 Å². The fraction of sp³-hybridized carbons (Fsp3) is 0.522. The molecule has 3 aliphatic heterocycles. The van der Waals surface area contributed by atoms with E-state index in [-0.39, 0.29) is 30.1 Å². The first-order chi connectivity index (χ1) is 14.4. The monoisotopic (exact) mass is 414 g/mol. The van der Waals surface area contributed by atoms with E-state index in [4.69, 9.17) is 4.74 Å². The average Bonchev–Trinajstić information content (AvgIpc) is 2.98. The summed E-state index contributed by atoms with van der Waals surface area (Å²) in [5, 5.41) is 10.6. The second kappa shape index (κ2) is 7.95. The number of carbonyl (C=O) groups excluding carboxylic acids is 1. The maximum atomic E-state index is 13.2. The molecule has 30 heavy (non-hydrogen) atoms. The Balaban J connectivity index is 1.73. The third kappa shape index (κ3) is 3.35. The fourth-order valence-electron chi connectivity index (χ4n) is 4.80. The van der Waals surface area contributed by atoms with Crippen molar-refractivity contribution in [2.24, 2.45) is 0 Å². The Bertz CT molecular complexity index is 1010. The molecule has 4 heterocycles. The number of nitrogens with zero attached hydrogens (tertiary/aromatic N) is 2. The number of aromatic nitrogens is 2. The fourth-order valence-corrected chi connectivity index (χ4v) is 4.80. The van der Waals surface area contributed by atoms with Crippen molar-refractivity contribution >= 4 is 5.78 Å². The van der Waals surface area contributed by atoms with Crippen molar-refractivity contribution in [2.75, 3.05) is 6.61 Å². The SMILES string of the molecule is CCC1C2CCC(CC)(CO2)c2nc(C(=O)CCc3ccc(F)cc3)c(O)c(=O)n21. The molecule has 0 spiro atoms. The zero-order valence-electron chi connectivity index (χ0n) is 17.4. The summed E-state index contributed by atoms with van der Waals surface area (Å²) in [6, 6.07) is 5.73. The lowest BCUT2D eigenvalue weighted by Gasteiger charge is -2.35. The van der Waals surface area contributed by atoms with E-state index in [2.05, 4.69) is 4.98 Å². The molecule has 3 unspecified atom stereocenters. The molecule has 1 N–H and O–H groups in total. The molecule has 6 nitrogen and oxygen atoms in total. The van der Waals surface area contributed by atoms with Gasteiger partial charge in [-0.2, -0.15) is 0 Å².